The predicted molar refractivity (Wildman–Crippen MR) is 62.9 cm³/mol. The van der Waals surface area contributed by atoms with Gasteiger partial charge in [-0.1, -0.05) is 6.07 Å². The topological polar surface area (TPSA) is 91.0 Å². The van der Waals surface area contributed by atoms with Crippen molar-refractivity contribution in [1.29, 1.82) is 0 Å². The van der Waals surface area contributed by atoms with Crippen LogP contribution in [-0.4, -0.2) is 4.98 Å². The summed E-state index contributed by atoms with van der Waals surface area (Å²) in [5, 5.41) is 0. The van der Waals surface area contributed by atoms with Gasteiger partial charge in [-0.15, -0.1) is 0 Å². The number of nitrogens with two attached hydrogens (primary N) is 3. The molecule has 4 heteroatoms. The molecule has 6 N–H and O–H groups in total. The molecule has 2 rings (SSSR count). The van der Waals surface area contributed by atoms with Crippen LogP contribution in [0, 0.1) is 0 Å². The SMILES string of the molecule is Nc1cc(-c2ccc(N)c(N)c2)ccn1. The number of nitrogen functional groups attached to an aromatic ring is 3. The van der Waals surface area contributed by atoms with E-state index in [4.69, 9.17) is 17.2 Å². The van der Waals surface area contributed by atoms with Crippen molar-refractivity contribution in [3.05, 3.63) is 36.5 Å². The number of anilines is 3. The van der Waals surface area contributed by atoms with E-state index < -0.39 is 0 Å². The minimum Gasteiger partial charge on any atom is -0.397 e. The summed E-state index contributed by atoms with van der Waals surface area (Å²) in [6, 6.07) is 9.18. The molecule has 0 amide bonds. The highest BCUT2D eigenvalue weighted by atomic mass is 14.8. The molecule has 0 bridgehead atoms. The van der Waals surface area contributed by atoms with Crippen LogP contribution in [0.3, 0.4) is 0 Å². The molecular weight excluding hydrogens is 188 g/mol. The van der Waals surface area contributed by atoms with Crippen LogP contribution in [0.1, 0.15) is 0 Å². The summed E-state index contributed by atoms with van der Waals surface area (Å²) in [6.45, 7) is 0. The molecule has 2 aromatic rings. The number of rotatable bonds is 1. The van der Waals surface area contributed by atoms with Crippen molar-refractivity contribution in [3.8, 4) is 11.1 Å². The Labute approximate surface area is 87.7 Å². The van der Waals surface area contributed by atoms with Crippen molar-refractivity contribution >= 4 is 17.2 Å². The van der Waals surface area contributed by atoms with E-state index in [2.05, 4.69) is 4.98 Å². The molecule has 0 fully saturated rings. The fourth-order valence-electron chi connectivity index (χ4n) is 1.38. The Morgan fingerprint density at radius 2 is 1.53 bits per heavy atom. The predicted octanol–water partition coefficient (Wildman–Crippen LogP) is 1.50. The van der Waals surface area contributed by atoms with Crippen LogP contribution in [-0.2, 0) is 0 Å². The lowest BCUT2D eigenvalue weighted by Crippen LogP contribution is -1.95. The molecule has 0 saturated heterocycles. The van der Waals surface area contributed by atoms with Gasteiger partial charge >= 0.3 is 0 Å². The first-order valence-corrected chi connectivity index (χ1v) is 4.54. The molecule has 0 spiro atoms. The third-order valence-corrected chi connectivity index (χ3v) is 2.20. The average Bonchev–Trinajstić information content (AvgIpc) is 2.22. The number of aromatic nitrogens is 1. The van der Waals surface area contributed by atoms with Gasteiger partial charge in [0.15, 0.2) is 0 Å². The molecule has 1 heterocycles. The second-order valence-electron chi connectivity index (χ2n) is 3.31. The Morgan fingerprint density at radius 3 is 2.20 bits per heavy atom. The smallest absolute Gasteiger partial charge is 0.123 e. The van der Waals surface area contributed by atoms with Crippen LogP contribution in [0.4, 0.5) is 17.2 Å². The maximum Gasteiger partial charge on any atom is 0.123 e. The van der Waals surface area contributed by atoms with Gasteiger partial charge in [-0.25, -0.2) is 4.98 Å². The second kappa shape index (κ2) is 3.49. The molecular formula is C11H12N4. The number of hydrogen-bond donors (Lipinski definition) is 3. The minimum atomic E-state index is 0.489. The third kappa shape index (κ3) is 1.83. The molecule has 76 valence electrons. The first-order valence-electron chi connectivity index (χ1n) is 4.54. The summed E-state index contributed by atoms with van der Waals surface area (Å²) in [5.41, 5.74) is 20.1. The first kappa shape index (κ1) is 9.33. The fraction of sp³-hybridized carbons (Fsp3) is 0. The molecule has 1 aromatic carbocycles. The van der Waals surface area contributed by atoms with Crippen molar-refractivity contribution in [3.63, 3.8) is 0 Å². The summed E-state index contributed by atoms with van der Waals surface area (Å²) in [5.74, 6) is 0.489. The quantitative estimate of drug-likeness (QED) is 0.608. The van der Waals surface area contributed by atoms with Crippen molar-refractivity contribution < 1.29 is 0 Å². The lowest BCUT2D eigenvalue weighted by molar-refractivity contribution is 1.34. The average molecular weight is 200 g/mol. The maximum absolute atomic E-state index is 5.72. The normalized spacial score (nSPS) is 10.1. The molecule has 0 aliphatic heterocycles. The van der Waals surface area contributed by atoms with Crippen LogP contribution < -0.4 is 17.2 Å². The lowest BCUT2D eigenvalue weighted by atomic mass is 10.1. The molecule has 0 saturated carbocycles. The maximum atomic E-state index is 5.72. The third-order valence-electron chi connectivity index (χ3n) is 2.20. The number of pyridine rings is 1. The highest BCUT2D eigenvalue weighted by molar-refractivity contribution is 5.75. The molecule has 0 atom stereocenters. The number of hydrogen-bond acceptors (Lipinski definition) is 4. The van der Waals surface area contributed by atoms with Gasteiger partial charge in [0.1, 0.15) is 5.82 Å². The van der Waals surface area contributed by atoms with Crippen LogP contribution in [0.25, 0.3) is 11.1 Å². The zero-order valence-corrected chi connectivity index (χ0v) is 8.14. The van der Waals surface area contributed by atoms with Crippen molar-refractivity contribution in [2.24, 2.45) is 0 Å². The van der Waals surface area contributed by atoms with Gasteiger partial charge < -0.3 is 17.2 Å². The highest BCUT2D eigenvalue weighted by Crippen LogP contribution is 2.25. The van der Waals surface area contributed by atoms with Gasteiger partial charge in [-0.05, 0) is 35.4 Å². The van der Waals surface area contributed by atoms with E-state index in [0.717, 1.165) is 11.1 Å². The zero-order chi connectivity index (χ0) is 10.8. The Balaban J connectivity index is 2.50. The fourth-order valence-corrected chi connectivity index (χ4v) is 1.38. The van der Waals surface area contributed by atoms with E-state index >= 15 is 0 Å². The Bertz CT molecular complexity index is 494. The first-order chi connectivity index (χ1) is 7.16. The van der Waals surface area contributed by atoms with E-state index in [1.54, 1.807) is 18.3 Å². The number of nitrogens with zero attached hydrogens (tertiary/aromatic N) is 1. The summed E-state index contributed by atoms with van der Waals surface area (Å²) >= 11 is 0. The van der Waals surface area contributed by atoms with Gasteiger partial charge in [-0.2, -0.15) is 0 Å². The Hall–Kier alpha value is -2.23. The largest absolute Gasteiger partial charge is 0.397 e. The van der Waals surface area contributed by atoms with Crippen LogP contribution >= 0.6 is 0 Å². The summed E-state index contributed by atoms with van der Waals surface area (Å²) < 4.78 is 0. The van der Waals surface area contributed by atoms with Crippen LogP contribution in [0.5, 0.6) is 0 Å². The number of benzene rings is 1. The summed E-state index contributed by atoms with van der Waals surface area (Å²) in [6.07, 6.45) is 1.66. The van der Waals surface area contributed by atoms with Gasteiger partial charge in [0.05, 0.1) is 11.4 Å². The van der Waals surface area contributed by atoms with E-state index in [1.807, 2.05) is 18.2 Å². The monoisotopic (exact) mass is 200 g/mol. The van der Waals surface area contributed by atoms with Crippen LogP contribution in [0.15, 0.2) is 36.5 Å². The van der Waals surface area contributed by atoms with Gasteiger partial charge in [0.25, 0.3) is 0 Å². The van der Waals surface area contributed by atoms with Crippen molar-refractivity contribution in [2.75, 3.05) is 17.2 Å². The molecule has 1 aromatic heterocycles. The molecule has 0 aliphatic rings. The Kier molecular flexibility index (Phi) is 2.17. The zero-order valence-electron chi connectivity index (χ0n) is 8.14. The standard InChI is InChI=1S/C11H12N4/c12-9-2-1-7(5-10(9)13)8-3-4-15-11(14)6-8/h1-6H,12-13H2,(H2,14,15). The van der Waals surface area contributed by atoms with Crippen LogP contribution in [0.2, 0.25) is 0 Å². The summed E-state index contributed by atoms with van der Waals surface area (Å²) in [4.78, 5) is 3.93. The molecule has 15 heavy (non-hydrogen) atoms. The van der Waals surface area contributed by atoms with Gasteiger partial charge in [0, 0.05) is 6.20 Å². The lowest BCUT2D eigenvalue weighted by Gasteiger charge is -2.05. The minimum absolute atomic E-state index is 0.489. The Morgan fingerprint density at radius 1 is 0.800 bits per heavy atom. The van der Waals surface area contributed by atoms with E-state index in [1.165, 1.54) is 0 Å². The van der Waals surface area contributed by atoms with Gasteiger partial charge in [-0.3, -0.25) is 0 Å². The van der Waals surface area contributed by atoms with Crippen molar-refractivity contribution in [2.45, 2.75) is 0 Å². The molecule has 4 nitrogen and oxygen atoms in total. The van der Waals surface area contributed by atoms with E-state index in [0.29, 0.717) is 17.2 Å². The van der Waals surface area contributed by atoms with Gasteiger partial charge in [0.2, 0.25) is 0 Å². The second-order valence-corrected chi connectivity index (χ2v) is 3.31. The molecule has 0 radical (unpaired) electrons. The summed E-state index contributed by atoms with van der Waals surface area (Å²) in [7, 11) is 0. The molecule has 0 aliphatic carbocycles. The highest BCUT2D eigenvalue weighted by Gasteiger charge is 2.01. The molecule has 0 unspecified atom stereocenters. The van der Waals surface area contributed by atoms with Crippen molar-refractivity contribution in [1.82, 2.24) is 4.98 Å². The van der Waals surface area contributed by atoms with E-state index in [9.17, 15) is 0 Å². The van der Waals surface area contributed by atoms with E-state index in [-0.39, 0.29) is 0 Å².